The van der Waals surface area contributed by atoms with Crippen LogP contribution in [0, 0.1) is 0 Å². The van der Waals surface area contributed by atoms with Gasteiger partial charge in [-0.1, -0.05) is 0 Å². The van der Waals surface area contributed by atoms with Crippen LogP contribution in [-0.4, -0.2) is 39.2 Å². The average Bonchev–Trinajstić information content (AvgIpc) is 2.66. The summed E-state index contributed by atoms with van der Waals surface area (Å²) in [5.41, 5.74) is 1.66. The van der Waals surface area contributed by atoms with Crippen molar-refractivity contribution >= 4 is 17.5 Å². The van der Waals surface area contributed by atoms with Crippen LogP contribution in [0.15, 0.2) is 48.5 Å². The molecule has 6 nitrogen and oxygen atoms in total. The lowest BCUT2D eigenvalue weighted by molar-refractivity contribution is 0.0947. The lowest BCUT2D eigenvalue weighted by atomic mass is 10.1. The standard InChI is InChI=1S/C19H22N2O4/c1-24-13-3-12-20-18(22)14-4-6-15(7-5-14)19(23)21-16-8-10-17(25-2)11-9-16/h4-11H,3,12-13H2,1-2H3,(H,20,22)(H,21,23). The second kappa shape index (κ2) is 9.44. The van der Waals surface area contributed by atoms with Gasteiger partial charge < -0.3 is 20.1 Å². The van der Waals surface area contributed by atoms with Crippen LogP contribution in [0.1, 0.15) is 27.1 Å². The van der Waals surface area contributed by atoms with Crippen molar-refractivity contribution in [3.05, 3.63) is 59.7 Å². The van der Waals surface area contributed by atoms with Crippen LogP contribution in [0.4, 0.5) is 5.69 Å². The van der Waals surface area contributed by atoms with Crippen molar-refractivity contribution in [2.24, 2.45) is 0 Å². The first-order valence-electron chi connectivity index (χ1n) is 7.96. The van der Waals surface area contributed by atoms with E-state index in [2.05, 4.69) is 10.6 Å². The molecule has 6 heteroatoms. The first-order chi connectivity index (χ1) is 12.1. The van der Waals surface area contributed by atoms with Gasteiger partial charge in [-0.05, 0) is 55.0 Å². The van der Waals surface area contributed by atoms with Crippen LogP contribution in [0.3, 0.4) is 0 Å². The summed E-state index contributed by atoms with van der Waals surface area (Å²) in [6.45, 7) is 1.15. The third-order valence-corrected chi connectivity index (χ3v) is 3.57. The Kier molecular flexibility index (Phi) is 6.98. The molecule has 2 aromatic carbocycles. The minimum Gasteiger partial charge on any atom is -0.497 e. The maximum Gasteiger partial charge on any atom is 0.255 e. The highest BCUT2D eigenvalue weighted by molar-refractivity contribution is 6.05. The fourth-order valence-corrected chi connectivity index (χ4v) is 2.17. The molecule has 25 heavy (non-hydrogen) atoms. The van der Waals surface area contributed by atoms with Crippen molar-refractivity contribution in [1.82, 2.24) is 5.32 Å². The Balaban J connectivity index is 1.91. The molecule has 2 aromatic rings. The summed E-state index contributed by atoms with van der Waals surface area (Å²) in [6.07, 6.45) is 0.755. The van der Waals surface area contributed by atoms with E-state index in [1.807, 2.05) is 0 Å². The number of ether oxygens (including phenoxy) is 2. The van der Waals surface area contributed by atoms with Gasteiger partial charge in [0.25, 0.3) is 11.8 Å². The summed E-state index contributed by atoms with van der Waals surface area (Å²) in [7, 11) is 3.21. The minimum absolute atomic E-state index is 0.168. The number of hydrogen-bond acceptors (Lipinski definition) is 4. The predicted octanol–water partition coefficient (Wildman–Crippen LogP) is 2.71. The quantitative estimate of drug-likeness (QED) is 0.723. The van der Waals surface area contributed by atoms with Gasteiger partial charge >= 0.3 is 0 Å². The molecule has 0 aliphatic rings. The topological polar surface area (TPSA) is 76.7 Å². The zero-order valence-corrected chi connectivity index (χ0v) is 14.4. The molecule has 2 rings (SSSR count). The molecule has 2 amide bonds. The van der Waals surface area contributed by atoms with E-state index < -0.39 is 0 Å². The molecule has 0 fully saturated rings. The average molecular weight is 342 g/mol. The predicted molar refractivity (Wildman–Crippen MR) is 96.2 cm³/mol. The Morgan fingerprint density at radius 1 is 0.880 bits per heavy atom. The molecule has 0 atom stereocenters. The van der Waals surface area contributed by atoms with E-state index in [1.54, 1.807) is 62.8 Å². The molecule has 0 aliphatic heterocycles. The normalized spacial score (nSPS) is 10.2. The molecule has 2 N–H and O–H groups in total. The summed E-state index contributed by atoms with van der Waals surface area (Å²) >= 11 is 0. The van der Waals surface area contributed by atoms with Gasteiger partial charge in [0, 0.05) is 37.1 Å². The first kappa shape index (κ1) is 18.5. The van der Waals surface area contributed by atoms with Gasteiger partial charge in [-0.15, -0.1) is 0 Å². The smallest absolute Gasteiger partial charge is 0.255 e. The minimum atomic E-state index is -0.239. The molecule has 0 saturated heterocycles. The number of carbonyl (C=O) groups excluding carboxylic acids is 2. The SMILES string of the molecule is COCCCNC(=O)c1ccc(C(=O)Nc2ccc(OC)cc2)cc1. The van der Waals surface area contributed by atoms with Crippen LogP contribution in [0.5, 0.6) is 5.75 Å². The molecular formula is C19H22N2O4. The highest BCUT2D eigenvalue weighted by Gasteiger charge is 2.09. The molecule has 0 aliphatic carbocycles. The zero-order chi connectivity index (χ0) is 18.1. The van der Waals surface area contributed by atoms with Crippen LogP contribution >= 0.6 is 0 Å². The molecule has 0 unspecified atom stereocenters. The van der Waals surface area contributed by atoms with Crippen LogP contribution in [-0.2, 0) is 4.74 Å². The van der Waals surface area contributed by atoms with E-state index in [0.29, 0.717) is 30.0 Å². The Morgan fingerprint density at radius 3 is 2.04 bits per heavy atom. The summed E-state index contributed by atoms with van der Waals surface area (Å²) < 4.78 is 10.0. The van der Waals surface area contributed by atoms with Crippen molar-refractivity contribution in [2.75, 3.05) is 32.7 Å². The number of anilines is 1. The third-order valence-electron chi connectivity index (χ3n) is 3.57. The molecule has 0 aromatic heterocycles. The number of carbonyl (C=O) groups is 2. The summed E-state index contributed by atoms with van der Waals surface area (Å²) in [6, 6.07) is 13.6. The van der Waals surface area contributed by atoms with E-state index in [-0.39, 0.29) is 11.8 Å². The fraction of sp³-hybridized carbons (Fsp3) is 0.263. The van der Waals surface area contributed by atoms with Crippen molar-refractivity contribution in [3.63, 3.8) is 0 Å². The fourth-order valence-electron chi connectivity index (χ4n) is 2.17. The summed E-state index contributed by atoms with van der Waals surface area (Å²) in [4.78, 5) is 24.2. The molecule has 132 valence electrons. The van der Waals surface area contributed by atoms with Crippen LogP contribution < -0.4 is 15.4 Å². The molecule has 0 spiro atoms. The summed E-state index contributed by atoms with van der Waals surface area (Å²) in [5, 5.41) is 5.60. The number of benzene rings is 2. The van der Waals surface area contributed by atoms with Crippen LogP contribution in [0.25, 0.3) is 0 Å². The van der Waals surface area contributed by atoms with Gasteiger partial charge in [-0.3, -0.25) is 9.59 Å². The third kappa shape index (κ3) is 5.61. The molecule has 0 radical (unpaired) electrons. The maximum absolute atomic E-state index is 12.2. The van der Waals surface area contributed by atoms with Crippen molar-refractivity contribution in [1.29, 1.82) is 0 Å². The van der Waals surface area contributed by atoms with Crippen molar-refractivity contribution in [2.45, 2.75) is 6.42 Å². The van der Waals surface area contributed by atoms with Gasteiger partial charge in [0.2, 0.25) is 0 Å². The number of hydrogen-bond donors (Lipinski definition) is 2. The largest absolute Gasteiger partial charge is 0.497 e. The Hall–Kier alpha value is -2.86. The lowest BCUT2D eigenvalue weighted by Gasteiger charge is -2.08. The molecule has 0 saturated carbocycles. The van der Waals surface area contributed by atoms with E-state index in [4.69, 9.17) is 9.47 Å². The van der Waals surface area contributed by atoms with E-state index >= 15 is 0 Å². The number of amides is 2. The highest BCUT2D eigenvalue weighted by atomic mass is 16.5. The summed E-state index contributed by atoms with van der Waals surface area (Å²) in [5.74, 6) is 0.314. The number of methoxy groups -OCH3 is 2. The molecule has 0 bridgehead atoms. The lowest BCUT2D eigenvalue weighted by Crippen LogP contribution is -2.25. The zero-order valence-electron chi connectivity index (χ0n) is 14.4. The Labute approximate surface area is 147 Å². The Bertz CT molecular complexity index is 696. The van der Waals surface area contributed by atoms with E-state index in [1.165, 1.54) is 0 Å². The second-order valence-electron chi connectivity index (χ2n) is 5.36. The Morgan fingerprint density at radius 2 is 1.48 bits per heavy atom. The number of nitrogens with one attached hydrogen (secondary N) is 2. The monoisotopic (exact) mass is 342 g/mol. The molecule has 0 heterocycles. The van der Waals surface area contributed by atoms with Gasteiger partial charge in [0.1, 0.15) is 5.75 Å². The van der Waals surface area contributed by atoms with Crippen molar-refractivity contribution in [3.8, 4) is 5.75 Å². The van der Waals surface area contributed by atoms with Gasteiger partial charge in [-0.2, -0.15) is 0 Å². The van der Waals surface area contributed by atoms with Crippen molar-refractivity contribution < 1.29 is 19.1 Å². The number of rotatable bonds is 8. The van der Waals surface area contributed by atoms with Crippen LogP contribution in [0.2, 0.25) is 0 Å². The second-order valence-corrected chi connectivity index (χ2v) is 5.36. The highest BCUT2D eigenvalue weighted by Crippen LogP contribution is 2.16. The molecular weight excluding hydrogens is 320 g/mol. The van der Waals surface area contributed by atoms with E-state index in [0.717, 1.165) is 12.2 Å². The van der Waals surface area contributed by atoms with E-state index in [9.17, 15) is 9.59 Å². The first-order valence-corrected chi connectivity index (χ1v) is 7.96. The maximum atomic E-state index is 12.2. The van der Waals surface area contributed by atoms with Gasteiger partial charge in [-0.25, -0.2) is 0 Å². The van der Waals surface area contributed by atoms with Gasteiger partial charge in [0.05, 0.1) is 7.11 Å². The van der Waals surface area contributed by atoms with Gasteiger partial charge in [0.15, 0.2) is 0 Å².